The smallest absolute Gasteiger partial charge is 0.407 e. The Balaban J connectivity index is 0.000000229. The van der Waals surface area contributed by atoms with Crippen molar-refractivity contribution in [2.75, 3.05) is 36.0 Å². The molecule has 0 aromatic heterocycles. The molecule has 2 aliphatic heterocycles. The summed E-state index contributed by atoms with van der Waals surface area (Å²) in [5.41, 5.74) is 6.90. The third-order valence-corrected chi connectivity index (χ3v) is 12.9. The van der Waals surface area contributed by atoms with Crippen molar-refractivity contribution in [2.45, 2.75) is 162 Å². The summed E-state index contributed by atoms with van der Waals surface area (Å²) in [5.74, 6) is 0.768. The van der Waals surface area contributed by atoms with E-state index in [2.05, 4.69) is 33.0 Å². The Labute approximate surface area is 391 Å². The van der Waals surface area contributed by atoms with Gasteiger partial charge in [-0.25, -0.2) is 4.79 Å². The number of nitrogens with two attached hydrogens (primary N) is 1. The first kappa shape index (κ1) is 49.8. The predicted octanol–water partition coefficient (Wildman–Crippen LogP) is 8.63. The number of nitrogens with zero attached hydrogens (tertiary/aromatic N) is 4. The van der Waals surface area contributed by atoms with Gasteiger partial charge < -0.3 is 44.9 Å². The van der Waals surface area contributed by atoms with E-state index in [9.17, 15) is 24.0 Å². The van der Waals surface area contributed by atoms with Crippen LogP contribution in [0.2, 0.25) is 0 Å². The van der Waals surface area contributed by atoms with Crippen LogP contribution in [-0.2, 0) is 20.9 Å². The SMILES string of the molecule is CC(C)N(C(=O)c1ccc2c(c1)N(CCN)C(=O)C(C)(C)O2)C1CCCCC1.CC(C)N(C(=O)c1ccc2c(c1)N(CCNC(=O)OCc1ccccc1)C(=O)C(C)(C)O2)C1CCCCC1. The monoisotopic (exact) mass is 909 g/mol. The minimum Gasteiger partial charge on any atom is -0.476 e. The topological polar surface area (TPSA) is 164 Å². The fourth-order valence-corrected chi connectivity index (χ4v) is 9.68. The lowest BCUT2D eigenvalue weighted by Gasteiger charge is -2.40. The van der Waals surface area contributed by atoms with Crippen LogP contribution >= 0.6 is 0 Å². The van der Waals surface area contributed by atoms with Gasteiger partial charge in [0.25, 0.3) is 23.6 Å². The van der Waals surface area contributed by atoms with Gasteiger partial charge >= 0.3 is 6.09 Å². The quantitative estimate of drug-likeness (QED) is 0.171. The Morgan fingerprint density at radius 2 is 1.12 bits per heavy atom. The molecule has 2 fully saturated rings. The van der Waals surface area contributed by atoms with Gasteiger partial charge in [-0.3, -0.25) is 19.2 Å². The molecule has 358 valence electrons. The maximum atomic E-state index is 13.7. The molecule has 5 amide bonds. The van der Waals surface area contributed by atoms with Gasteiger partial charge in [0.05, 0.1) is 11.4 Å². The van der Waals surface area contributed by atoms with Crippen LogP contribution in [0, 0.1) is 0 Å². The molecule has 0 spiro atoms. The Morgan fingerprint density at radius 3 is 1.55 bits per heavy atom. The molecule has 3 aromatic carbocycles. The number of ether oxygens (including phenoxy) is 3. The van der Waals surface area contributed by atoms with E-state index in [1.54, 1.807) is 67.8 Å². The van der Waals surface area contributed by atoms with E-state index in [1.165, 1.54) is 25.7 Å². The number of fused-ring (bicyclic) bond motifs is 2. The van der Waals surface area contributed by atoms with Crippen molar-refractivity contribution in [1.29, 1.82) is 0 Å². The Bertz CT molecular complexity index is 2180. The number of rotatable bonds is 13. The molecule has 3 N–H and O–H groups in total. The van der Waals surface area contributed by atoms with Gasteiger partial charge in [0.15, 0.2) is 11.2 Å². The number of amides is 5. The second kappa shape index (κ2) is 21.8. The van der Waals surface area contributed by atoms with E-state index < -0.39 is 17.3 Å². The minimum absolute atomic E-state index is 0.0229. The molecule has 4 aliphatic rings. The normalized spacial score (nSPS) is 18.0. The first-order chi connectivity index (χ1) is 31.4. The van der Waals surface area contributed by atoms with E-state index in [4.69, 9.17) is 19.9 Å². The lowest BCUT2D eigenvalue weighted by atomic mass is 9.92. The van der Waals surface area contributed by atoms with Crippen LogP contribution in [0.25, 0.3) is 0 Å². The fourth-order valence-electron chi connectivity index (χ4n) is 9.68. The van der Waals surface area contributed by atoms with Crippen molar-refractivity contribution in [1.82, 2.24) is 15.1 Å². The molecule has 0 radical (unpaired) electrons. The maximum absolute atomic E-state index is 13.7. The zero-order valence-electron chi connectivity index (χ0n) is 40.4. The van der Waals surface area contributed by atoms with Crippen LogP contribution in [0.15, 0.2) is 66.7 Å². The summed E-state index contributed by atoms with van der Waals surface area (Å²) < 4.78 is 17.2. The lowest BCUT2D eigenvalue weighted by molar-refractivity contribution is -0.133. The van der Waals surface area contributed by atoms with Gasteiger partial charge in [0.1, 0.15) is 18.1 Å². The summed E-state index contributed by atoms with van der Waals surface area (Å²) in [4.78, 5) is 72.7. The van der Waals surface area contributed by atoms with Crippen molar-refractivity contribution in [3.05, 3.63) is 83.4 Å². The fraction of sp³-hybridized carbons (Fsp3) is 0.558. The summed E-state index contributed by atoms with van der Waals surface area (Å²) in [7, 11) is 0. The van der Waals surface area contributed by atoms with E-state index in [1.807, 2.05) is 46.2 Å². The highest BCUT2D eigenvalue weighted by atomic mass is 16.5. The average molecular weight is 909 g/mol. The van der Waals surface area contributed by atoms with Crippen molar-refractivity contribution < 1.29 is 38.2 Å². The van der Waals surface area contributed by atoms with Gasteiger partial charge in [0.2, 0.25) is 0 Å². The van der Waals surface area contributed by atoms with Crippen LogP contribution < -0.4 is 30.3 Å². The highest BCUT2D eigenvalue weighted by molar-refractivity contribution is 6.05. The number of alkyl carbamates (subject to hydrolysis) is 1. The standard InChI is InChI=1S/C30H39N3O5.C22H33N3O3/c1-21(2)33(24-13-9-6-10-14-24)27(34)23-15-16-26-25(19-23)32(28(35)30(3,4)38-26)18-17-31-29(36)37-20-22-11-7-5-8-12-22;1-15(2)25(17-8-6-5-7-9-17)20(26)16-10-11-19-18(14-16)24(13-12-23)21(27)22(3,4)28-19/h5,7-8,11-12,15-16,19,21,24H,6,9-10,13-14,17-18,20H2,1-4H3,(H,31,36);10-11,14-15,17H,5-9,12-13,23H2,1-4H3. The number of anilines is 2. The molecule has 2 aliphatic carbocycles. The molecule has 7 rings (SSSR count). The van der Waals surface area contributed by atoms with E-state index in [0.29, 0.717) is 47.1 Å². The van der Waals surface area contributed by atoms with Crippen molar-refractivity contribution >= 4 is 41.1 Å². The highest BCUT2D eigenvalue weighted by Crippen LogP contribution is 2.40. The molecule has 2 heterocycles. The van der Waals surface area contributed by atoms with Crippen LogP contribution in [-0.4, -0.2) is 101 Å². The predicted molar refractivity (Wildman–Crippen MR) is 257 cm³/mol. The summed E-state index contributed by atoms with van der Waals surface area (Å²) in [6, 6.07) is 20.8. The average Bonchev–Trinajstić information content (AvgIpc) is 3.29. The number of hydrogen-bond acceptors (Lipinski definition) is 9. The molecule has 66 heavy (non-hydrogen) atoms. The Hall–Kier alpha value is -5.63. The number of hydrogen-bond donors (Lipinski definition) is 2. The summed E-state index contributed by atoms with van der Waals surface area (Å²) in [6.45, 7) is 16.5. The number of carbonyl (C=O) groups excluding carboxylic acids is 5. The highest BCUT2D eigenvalue weighted by Gasteiger charge is 2.43. The van der Waals surface area contributed by atoms with Gasteiger partial charge in [-0.15, -0.1) is 0 Å². The zero-order valence-corrected chi connectivity index (χ0v) is 40.4. The first-order valence-electron chi connectivity index (χ1n) is 24.0. The lowest BCUT2D eigenvalue weighted by Crippen LogP contribution is -2.54. The van der Waals surface area contributed by atoms with Crippen molar-refractivity contribution in [2.24, 2.45) is 5.73 Å². The molecular weight excluding hydrogens is 837 g/mol. The molecule has 0 unspecified atom stereocenters. The molecule has 3 aromatic rings. The second-order valence-electron chi connectivity index (χ2n) is 19.5. The van der Waals surface area contributed by atoms with Gasteiger partial charge in [-0.05, 0) is 123 Å². The van der Waals surface area contributed by atoms with Crippen LogP contribution in [0.3, 0.4) is 0 Å². The van der Waals surface area contributed by atoms with Gasteiger partial charge in [0, 0.05) is 61.5 Å². The van der Waals surface area contributed by atoms with E-state index in [0.717, 1.165) is 44.1 Å². The van der Waals surface area contributed by atoms with Gasteiger partial charge in [-0.2, -0.15) is 0 Å². The third-order valence-electron chi connectivity index (χ3n) is 12.9. The molecule has 0 atom stereocenters. The Morgan fingerprint density at radius 1 is 0.682 bits per heavy atom. The van der Waals surface area contributed by atoms with Crippen molar-refractivity contribution in [3.63, 3.8) is 0 Å². The third kappa shape index (κ3) is 11.7. The number of benzene rings is 3. The second-order valence-corrected chi connectivity index (χ2v) is 19.5. The zero-order chi connectivity index (χ0) is 47.8. The van der Waals surface area contributed by atoms with E-state index in [-0.39, 0.29) is 67.5 Å². The number of carbonyl (C=O) groups is 5. The summed E-state index contributed by atoms with van der Waals surface area (Å²) in [6.07, 6.45) is 10.7. The largest absolute Gasteiger partial charge is 0.476 e. The maximum Gasteiger partial charge on any atom is 0.407 e. The molecule has 2 saturated carbocycles. The molecule has 0 saturated heterocycles. The van der Waals surface area contributed by atoms with Crippen LogP contribution in [0.4, 0.5) is 16.2 Å². The molecule has 0 bridgehead atoms. The molecule has 14 heteroatoms. The van der Waals surface area contributed by atoms with Gasteiger partial charge in [-0.1, -0.05) is 68.9 Å². The minimum atomic E-state index is -1.07. The first-order valence-corrected chi connectivity index (χ1v) is 24.0. The number of nitrogens with one attached hydrogen (secondary N) is 1. The van der Waals surface area contributed by atoms with Crippen molar-refractivity contribution in [3.8, 4) is 11.5 Å². The summed E-state index contributed by atoms with van der Waals surface area (Å²) in [5, 5.41) is 2.72. The molecule has 14 nitrogen and oxygen atoms in total. The van der Waals surface area contributed by atoms with Crippen LogP contribution in [0.5, 0.6) is 11.5 Å². The Kier molecular flexibility index (Phi) is 16.4. The summed E-state index contributed by atoms with van der Waals surface area (Å²) >= 11 is 0. The molecular formula is C52H72N6O8. The van der Waals surface area contributed by atoms with Crippen LogP contribution in [0.1, 0.15) is 146 Å². The van der Waals surface area contributed by atoms with E-state index >= 15 is 0 Å².